The number of rotatable bonds is 1. The van der Waals surface area contributed by atoms with Gasteiger partial charge in [0.25, 0.3) is 0 Å². The van der Waals surface area contributed by atoms with Crippen LogP contribution in [0.2, 0.25) is 0 Å². The van der Waals surface area contributed by atoms with Gasteiger partial charge in [-0.1, -0.05) is 0 Å². The van der Waals surface area contributed by atoms with Crippen LogP contribution < -0.4 is 0 Å². The molecule has 0 saturated carbocycles. The Morgan fingerprint density at radius 1 is 1.33 bits per heavy atom. The number of nitrogens with one attached hydrogen (secondary N) is 1. The quantitative estimate of drug-likeness (QED) is 0.741. The molecule has 0 aliphatic heterocycles. The Bertz CT molecular complexity index is 516. The number of alkyl halides is 3. The molecule has 0 spiro atoms. The van der Waals surface area contributed by atoms with Crippen molar-refractivity contribution in [1.82, 2.24) is 9.97 Å². The van der Waals surface area contributed by atoms with Crippen LogP contribution in [0.25, 0.3) is 11.0 Å². The second-order valence-electron chi connectivity index (χ2n) is 2.98. The van der Waals surface area contributed by atoms with Gasteiger partial charge in [-0.3, -0.25) is 4.79 Å². The molecular formula is C9H5F3N2O. The molecule has 2 aromatic rings. The number of H-pyrrole nitrogens is 1. The molecule has 0 atom stereocenters. The Labute approximate surface area is 81.9 Å². The van der Waals surface area contributed by atoms with Crippen LogP contribution in [0.15, 0.2) is 18.5 Å². The Kier molecular flexibility index (Phi) is 1.99. The van der Waals surface area contributed by atoms with E-state index < -0.39 is 11.7 Å². The van der Waals surface area contributed by atoms with Crippen LogP contribution in [-0.2, 0) is 6.18 Å². The van der Waals surface area contributed by atoms with Gasteiger partial charge >= 0.3 is 6.18 Å². The lowest BCUT2D eigenvalue weighted by atomic mass is 10.1. The molecule has 0 unspecified atom stereocenters. The molecule has 0 radical (unpaired) electrons. The summed E-state index contributed by atoms with van der Waals surface area (Å²) >= 11 is 0. The van der Waals surface area contributed by atoms with Crippen LogP contribution in [0, 0.1) is 0 Å². The highest BCUT2D eigenvalue weighted by Gasteiger charge is 2.31. The van der Waals surface area contributed by atoms with E-state index in [0.29, 0.717) is 11.8 Å². The van der Waals surface area contributed by atoms with E-state index in [2.05, 4.69) is 9.97 Å². The molecule has 0 saturated heterocycles. The van der Waals surface area contributed by atoms with Gasteiger partial charge in [0.2, 0.25) is 0 Å². The summed E-state index contributed by atoms with van der Waals surface area (Å²) in [6, 6.07) is 1.70. The molecule has 1 aromatic heterocycles. The normalized spacial score (nSPS) is 11.9. The third-order valence-corrected chi connectivity index (χ3v) is 2.01. The van der Waals surface area contributed by atoms with Gasteiger partial charge in [-0.25, -0.2) is 4.98 Å². The lowest BCUT2D eigenvalue weighted by Gasteiger charge is -2.06. The molecule has 78 valence electrons. The van der Waals surface area contributed by atoms with Gasteiger partial charge in [-0.2, -0.15) is 13.2 Å². The van der Waals surface area contributed by atoms with Crippen molar-refractivity contribution in [3.63, 3.8) is 0 Å². The zero-order chi connectivity index (χ0) is 11.1. The molecule has 0 aliphatic rings. The highest BCUT2D eigenvalue weighted by molar-refractivity contribution is 5.94. The average Bonchev–Trinajstić information content (AvgIpc) is 2.62. The van der Waals surface area contributed by atoms with Crippen molar-refractivity contribution < 1.29 is 18.0 Å². The van der Waals surface area contributed by atoms with Gasteiger partial charge in [0.1, 0.15) is 0 Å². The predicted octanol–water partition coefficient (Wildman–Crippen LogP) is 2.39. The molecule has 1 N–H and O–H groups in total. The van der Waals surface area contributed by atoms with E-state index in [1.54, 1.807) is 0 Å². The number of nitrogens with zero attached hydrogens (tertiary/aromatic N) is 1. The number of aromatic amines is 1. The number of aromatic nitrogens is 2. The summed E-state index contributed by atoms with van der Waals surface area (Å²) in [7, 11) is 0. The van der Waals surface area contributed by atoms with Crippen molar-refractivity contribution in [2.24, 2.45) is 0 Å². The predicted molar refractivity (Wildman–Crippen MR) is 46.5 cm³/mol. The smallest absolute Gasteiger partial charge is 0.344 e. The Balaban J connectivity index is 2.74. The van der Waals surface area contributed by atoms with Crippen molar-refractivity contribution in [3.05, 3.63) is 29.6 Å². The molecule has 6 heteroatoms. The summed E-state index contributed by atoms with van der Waals surface area (Å²) in [5, 5.41) is 0. The Morgan fingerprint density at radius 2 is 2.07 bits per heavy atom. The fourth-order valence-corrected chi connectivity index (χ4v) is 1.33. The van der Waals surface area contributed by atoms with Crippen molar-refractivity contribution in [3.8, 4) is 0 Å². The number of imidazole rings is 1. The summed E-state index contributed by atoms with van der Waals surface area (Å²) in [5.74, 6) is 0. The molecule has 0 amide bonds. The fourth-order valence-electron chi connectivity index (χ4n) is 1.33. The molecular weight excluding hydrogens is 209 g/mol. The molecule has 0 fully saturated rings. The molecule has 15 heavy (non-hydrogen) atoms. The van der Waals surface area contributed by atoms with Crippen LogP contribution in [-0.4, -0.2) is 16.3 Å². The molecule has 3 nitrogen and oxygen atoms in total. The summed E-state index contributed by atoms with van der Waals surface area (Å²) < 4.78 is 37.2. The first kappa shape index (κ1) is 9.70. The van der Waals surface area contributed by atoms with Gasteiger partial charge in [-0.05, 0) is 12.1 Å². The highest BCUT2D eigenvalue weighted by Crippen LogP contribution is 2.31. The van der Waals surface area contributed by atoms with E-state index in [0.717, 1.165) is 12.1 Å². The van der Waals surface area contributed by atoms with E-state index >= 15 is 0 Å². The average molecular weight is 214 g/mol. The van der Waals surface area contributed by atoms with E-state index in [9.17, 15) is 18.0 Å². The number of carbonyl (C=O) groups is 1. The van der Waals surface area contributed by atoms with Crippen LogP contribution in [0.5, 0.6) is 0 Å². The van der Waals surface area contributed by atoms with E-state index in [1.165, 1.54) is 6.33 Å². The Morgan fingerprint density at radius 3 is 2.67 bits per heavy atom. The van der Waals surface area contributed by atoms with Crippen molar-refractivity contribution in [2.45, 2.75) is 6.18 Å². The molecule has 2 rings (SSSR count). The molecule has 1 heterocycles. The monoisotopic (exact) mass is 214 g/mol. The molecule has 0 bridgehead atoms. The number of carbonyl (C=O) groups excluding carboxylic acids is 1. The van der Waals surface area contributed by atoms with Crippen molar-refractivity contribution in [1.29, 1.82) is 0 Å². The number of fused-ring (bicyclic) bond motifs is 1. The zero-order valence-corrected chi connectivity index (χ0v) is 7.30. The number of aldehydes is 1. The van der Waals surface area contributed by atoms with E-state index in [-0.39, 0.29) is 11.1 Å². The largest absolute Gasteiger partial charge is 0.416 e. The maximum Gasteiger partial charge on any atom is 0.416 e. The van der Waals surface area contributed by atoms with E-state index in [1.807, 2.05) is 0 Å². The summed E-state index contributed by atoms with van der Waals surface area (Å²) in [6.07, 6.45) is -2.85. The third-order valence-electron chi connectivity index (χ3n) is 2.01. The first-order valence-corrected chi connectivity index (χ1v) is 4.02. The fraction of sp³-hybridized carbons (Fsp3) is 0.111. The van der Waals surface area contributed by atoms with Gasteiger partial charge in [0.15, 0.2) is 6.29 Å². The minimum absolute atomic E-state index is 0.0441. The maximum atomic E-state index is 12.4. The van der Waals surface area contributed by atoms with Crippen LogP contribution in [0.4, 0.5) is 13.2 Å². The number of benzene rings is 1. The highest BCUT2D eigenvalue weighted by atomic mass is 19.4. The third kappa shape index (κ3) is 1.58. The number of hydrogen-bond acceptors (Lipinski definition) is 2. The first-order chi connectivity index (χ1) is 7.02. The molecule has 1 aromatic carbocycles. The van der Waals surface area contributed by atoms with Gasteiger partial charge in [-0.15, -0.1) is 0 Å². The lowest BCUT2D eigenvalue weighted by molar-refractivity contribution is -0.137. The maximum absolute atomic E-state index is 12.4. The summed E-state index contributed by atoms with van der Waals surface area (Å²) in [6.45, 7) is 0. The van der Waals surface area contributed by atoms with Crippen LogP contribution in [0.3, 0.4) is 0 Å². The summed E-state index contributed by atoms with van der Waals surface area (Å²) in [5.41, 5.74) is -0.466. The second-order valence-corrected chi connectivity index (χ2v) is 2.98. The minimum atomic E-state index is -4.47. The van der Waals surface area contributed by atoms with Gasteiger partial charge < -0.3 is 4.98 Å². The van der Waals surface area contributed by atoms with Crippen LogP contribution >= 0.6 is 0 Å². The van der Waals surface area contributed by atoms with Gasteiger partial charge in [0, 0.05) is 5.56 Å². The summed E-state index contributed by atoms with van der Waals surface area (Å²) in [4.78, 5) is 16.9. The first-order valence-electron chi connectivity index (χ1n) is 4.02. The zero-order valence-electron chi connectivity index (χ0n) is 7.30. The van der Waals surface area contributed by atoms with Crippen molar-refractivity contribution in [2.75, 3.05) is 0 Å². The minimum Gasteiger partial charge on any atom is -0.344 e. The lowest BCUT2D eigenvalue weighted by Crippen LogP contribution is -2.05. The standard InChI is InChI=1S/C9H5F3N2O/c10-9(11,12)6-1-5(3-15)8-7(2-6)13-4-14-8/h1-4H,(H,13,14). The molecule has 0 aliphatic carbocycles. The Hall–Kier alpha value is -1.85. The van der Waals surface area contributed by atoms with Gasteiger partial charge in [0.05, 0.1) is 22.9 Å². The second kappa shape index (κ2) is 3.08. The topological polar surface area (TPSA) is 45.8 Å². The number of hydrogen-bond donors (Lipinski definition) is 1. The SMILES string of the molecule is O=Cc1cc(C(F)(F)F)cc2nc[nH]c12. The van der Waals surface area contributed by atoms with Crippen LogP contribution in [0.1, 0.15) is 15.9 Å². The van der Waals surface area contributed by atoms with E-state index in [4.69, 9.17) is 0 Å². The number of halogens is 3. The van der Waals surface area contributed by atoms with Crippen molar-refractivity contribution >= 4 is 17.3 Å².